The third-order valence-corrected chi connectivity index (χ3v) is 5.19. The molecule has 31 heavy (non-hydrogen) atoms. The number of carboxylic acid groups (broad SMARTS) is 1. The first-order chi connectivity index (χ1) is 15.0. The minimum Gasteiger partial charge on any atom is -0.493 e. The lowest BCUT2D eigenvalue weighted by Gasteiger charge is -2.37. The van der Waals surface area contributed by atoms with Gasteiger partial charge in [-0.1, -0.05) is 66.7 Å². The van der Waals surface area contributed by atoms with Crippen LogP contribution in [0.25, 0.3) is 0 Å². The average Bonchev–Trinajstić information content (AvgIpc) is 2.82. The Kier molecular flexibility index (Phi) is 7.28. The molecule has 0 saturated carbocycles. The van der Waals surface area contributed by atoms with Crippen LogP contribution in [-0.4, -0.2) is 43.1 Å². The highest BCUT2D eigenvalue weighted by Crippen LogP contribution is 2.38. The minimum absolute atomic E-state index is 0.170. The maximum atomic E-state index is 11.9. The molecule has 162 valence electrons. The summed E-state index contributed by atoms with van der Waals surface area (Å²) in [5.41, 5.74) is 0.481. The van der Waals surface area contributed by atoms with Crippen LogP contribution < -0.4 is 9.47 Å². The molecule has 0 radical (unpaired) electrons. The van der Waals surface area contributed by atoms with Crippen LogP contribution in [0.5, 0.6) is 11.5 Å². The molecule has 2 N–H and O–H groups in total. The van der Waals surface area contributed by atoms with Gasteiger partial charge in [0.05, 0.1) is 20.8 Å². The van der Waals surface area contributed by atoms with E-state index in [4.69, 9.17) is 14.2 Å². The molecule has 6 nitrogen and oxygen atoms in total. The Morgan fingerprint density at radius 3 is 1.90 bits per heavy atom. The average molecular weight is 422 g/mol. The lowest BCUT2D eigenvalue weighted by Crippen LogP contribution is -2.48. The van der Waals surface area contributed by atoms with Crippen molar-refractivity contribution in [1.29, 1.82) is 0 Å². The van der Waals surface area contributed by atoms with Gasteiger partial charge in [0.15, 0.2) is 23.2 Å². The number of hydrogen-bond acceptors (Lipinski definition) is 5. The summed E-state index contributed by atoms with van der Waals surface area (Å²) in [6.45, 7) is 0.170. The SMILES string of the molecule is COc1ccc(CCOC(c2ccccc2)(c2ccccc2)[C@H](O)C(=O)O)cc1OC. The number of carboxylic acids is 1. The molecular weight excluding hydrogens is 396 g/mol. The van der Waals surface area contributed by atoms with Gasteiger partial charge in [0.25, 0.3) is 0 Å². The summed E-state index contributed by atoms with van der Waals surface area (Å²) in [5, 5.41) is 20.6. The van der Waals surface area contributed by atoms with Gasteiger partial charge in [0.1, 0.15) is 0 Å². The monoisotopic (exact) mass is 422 g/mol. The van der Waals surface area contributed by atoms with E-state index in [1.165, 1.54) is 0 Å². The molecular formula is C25H26O6. The lowest BCUT2D eigenvalue weighted by molar-refractivity contribution is -0.167. The van der Waals surface area contributed by atoms with Crippen molar-refractivity contribution in [2.45, 2.75) is 18.1 Å². The van der Waals surface area contributed by atoms with E-state index in [9.17, 15) is 15.0 Å². The van der Waals surface area contributed by atoms with E-state index in [0.29, 0.717) is 29.0 Å². The van der Waals surface area contributed by atoms with Gasteiger partial charge in [0, 0.05) is 0 Å². The number of aliphatic hydroxyl groups excluding tert-OH is 1. The summed E-state index contributed by atoms with van der Waals surface area (Å²) < 4.78 is 16.9. The van der Waals surface area contributed by atoms with E-state index < -0.39 is 17.7 Å². The highest BCUT2D eigenvalue weighted by atomic mass is 16.5. The number of methoxy groups -OCH3 is 2. The molecule has 1 atom stereocenters. The van der Waals surface area contributed by atoms with E-state index in [-0.39, 0.29) is 6.61 Å². The molecule has 3 rings (SSSR count). The van der Waals surface area contributed by atoms with Crippen LogP contribution in [0.15, 0.2) is 78.9 Å². The topological polar surface area (TPSA) is 85.2 Å². The van der Waals surface area contributed by atoms with Crippen molar-refractivity contribution < 1.29 is 29.2 Å². The fraction of sp³-hybridized carbons (Fsp3) is 0.240. The number of aliphatic carboxylic acids is 1. The molecule has 6 heteroatoms. The van der Waals surface area contributed by atoms with Gasteiger partial charge in [-0.3, -0.25) is 0 Å². The van der Waals surface area contributed by atoms with E-state index in [0.717, 1.165) is 5.56 Å². The quantitative estimate of drug-likeness (QED) is 0.519. The Labute approximate surface area is 181 Å². The van der Waals surface area contributed by atoms with E-state index >= 15 is 0 Å². The number of ether oxygens (including phenoxy) is 3. The van der Waals surface area contributed by atoms with Crippen LogP contribution in [-0.2, 0) is 21.6 Å². The first-order valence-corrected chi connectivity index (χ1v) is 9.89. The Morgan fingerprint density at radius 1 is 0.871 bits per heavy atom. The van der Waals surface area contributed by atoms with Crippen LogP contribution >= 0.6 is 0 Å². The predicted octanol–water partition coefficient (Wildman–Crippen LogP) is 3.65. The fourth-order valence-electron chi connectivity index (χ4n) is 3.64. The van der Waals surface area contributed by atoms with Crippen molar-refractivity contribution in [2.24, 2.45) is 0 Å². The van der Waals surface area contributed by atoms with Gasteiger partial charge in [-0.05, 0) is 35.2 Å². The first-order valence-electron chi connectivity index (χ1n) is 9.89. The highest BCUT2D eigenvalue weighted by Gasteiger charge is 2.46. The van der Waals surface area contributed by atoms with Crippen molar-refractivity contribution in [3.8, 4) is 11.5 Å². The van der Waals surface area contributed by atoms with Crippen LogP contribution in [0.3, 0.4) is 0 Å². The van der Waals surface area contributed by atoms with Gasteiger partial charge in [-0.2, -0.15) is 0 Å². The first kappa shape index (κ1) is 22.3. The fourth-order valence-corrected chi connectivity index (χ4v) is 3.64. The van der Waals surface area contributed by atoms with Gasteiger partial charge in [-0.15, -0.1) is 0 Å². The normalized spacial score (nSPS) is 12.2. The van der Waals surface area contributed by atoms with Crippen molar-refractivity contribution in [3.63, 3.8) is 0 Å². The molecule has 0 bridgehead atoms. The second-order valence-electron chi connectivity index (χ2n) is 7.00. The standard InChI is InChI=1S/C25H26O6/c1-29-21-14-13-18(17-22(21)30-2)15-16-31-25(23(26)24(27)28,19-9-5-3-6-10-19)20-11-7-4-8-12-20/h3-14,17,23,26H,15-16H2,1-2H3,(H,27,28)/t23-/m1/s1. The van der Waals surface area contributed by atoms with E-state index in [1.807, 2.05) is 30.3 Å². The third-order valence-electron chi connectivity index (χ3n) is 5.19. The maximum Gasteiger partial charge on any atom is 0.336 e. The third kappa shape index (κ3) is 4.71. The summed E-state index contributed by atoms with van der Waals surface area (Å²) in [7, 11) is 3.14. The molecule has 0 spiro atoms. The summed E-state index contributed by atoms with van der Waals surface area (Å²) in [5.74, 6) is -0.141. The summed E-state index contributed by atoms with van der Waals surface area (Å²) >= 11 is 0. The molecule has 0 amide bonds. The molecule has 3 aromatic rings. The number of carbonyl (C=O) groups is 1. The zero-order valence-electron chi connectivity index (χ0n) is 17.5. The zero-order chi connectivity index (χ0) is 22.3. The van der Waals surface area contributed by atoms with Crippen molar-refractivity contribution >= 4 is 5.97 Å². The van der Waals surface area contributed by atoms with Gasteiger partial charge in [-0.25, -0.2) is 4.79 Å². The second kappa shape index (κ2) is 10.1. The van der Waals surface area contributed by atoms with Gasteiger partial charge in [0.2, 0.25) is 0 Å². The van der Waals surface area contributed by atoms with E-state index in [1.54, 1.807) is 62.8 Å². The summed E-state index contributed by atoms with van der Waals surface area (Å²) in [6, 6.07) is 23.4. The smallest absolute Gasteiger partial charge is 0.336 e. The number of hydrogen-bond donors (Lipinski definition) is 2. The van der Waals surface area contributed by atoms with Crippen LogP contribution in [0.4, 0.5) is 0 Å². The lowest BCUT2D eigenvalue weighted by atomic mass is 9.81. The molecule has 0 fully saturated rings. The van der Waals surface area contributed by atoms with Crippen molar-refractivity contribution in [2.75, 3.05) is 20.8 Å². The number of rotatable bonds is 10. The number of aliphatic hydroxyl groups is 1. The summed E-state index contributed by atoms with van der Waals surface area (Å²) in [6.07, 6.45) is -1.32. The van der Waals surface area contributed by atoms with E-state index in [2.05, 4.69) is 0 Å². The zero-order valence-corrected chi connectivity index (χ0v) is 17.5. The molecule has 0 aromatic heterocycles. The van der Waals surface area contributed by atoms with Gasteiger partial charge < -0.3 is 24.4 Å². The minimum atomic E-state index is -1.80. The molecule has 0 heterocycles. The van der Waals surface area contributed by atoms with Gasteiger partial charge >= 0.3 is 5.97 Å². The van der Waals surface area contributed by atoms with Crippen molar-refractivity contribution in [1.82, 2.24) is 0 Å². The second-order valence-corrected chi connectivity index (χ2v) is 7.00. The molecule has 0 aliphatic heterocycles. The largest absolute Gasteiger partial charge is 0.493 e. The highest BCUT2D eigenvalue weighted by molar-refractivity contribution is 5.75. The van der Waals surface area contributed by atoms with Crippen LogP contribution in [0.2, 0.25) is 0 Å². The maximum absolute atomic E-state index is 11.9. The molecule has 0 aliphatic rings. The predicted molar refractivity (Wildman–Crippen MR) is 117 cm³/mol. The molecule has 0 aliphatic carbocycles. The van der Waals surface area contributed by atoms with Crippen LogP contribution in [0.1, 0.15) is 16.7 Å². The Morgan fingerprint density at radius 2 is 1.42 bits per heavy atom. The summed E-state index contributed by atoms with van der Waals surface area (Å²) in [4.78, 5) is 11.9. The Hall–Kier alpha value is -3.35. The number of benzene rings is 3. The Balaban J connectivity index is 1.96. The molecule has 0 saturated heterocycles. The molecule has 0 unspecified atom stereocenters. The Bertz CT molecular complexity index is 948. The van der Waals surface area contributed by atoms with Crippen molar-refractivity contribution in [3.05, 3.63) is 95.6 Å². The van der Waals surface area contributed by atoms with Crippen LogP contribution in [0, 0.1) is 0 Å². The molecule has 3 aromatic carbocycles.